The van der Waals surface area contributed by atoms with E-state index in [4.69, 9.17) is 16.7 Å². The minimum atomic E-state index is -3.77. The Bertz CT molecular complexity index is 1540. The van der Waals surface area contributed by atoms with Crippen molar-refractivity contribution in [2.24, 2.45) is 5.14 Å². The number of carbonyl (C=O) groups excluding carboxylic acids is 2. The molecule has 0 bridgehead atoms. The molecule has 3 N–H and O–H groups in total. The number of hydrogen-bond acceptors (Lipinski definition) is 9. The van der Waals surface area contributed by atoms with Crippen molar-refractivity contribution in [2.75, 3.05) is 31.1 Å². The third-order valence-corrected chi connectivity index (χ3v) is 8.72. The van der Waals surface area contributed by atoms with E-state index in [1.165, 1.54) is 26.3 Å². The Labute approximate surface area is 242 Å². The van der Waals surface area contributed by atoms with Gasteiger partial charge in [-0.25, -0.2) is 10.0 Å². The number of amides is 2. The van der Waals surface area contributed by atoms with Gasteiger partial charge < -0.3 is 5.32 Å². The first-order valence-electron chi connectivity index (χ1n) is 13.0. The van der Waals surface area contributed by atoms with Crippen molar-refractivity contribution >= 4 is 45.4 Å². The molecule has 5 rings (SSSR count). The van der Waals surface area contributed by atoms with Crippen LogP contribution in [0.3, 0.4) is 0 Å². The minimum absolute atomic E-state index is 0.00241. The zero-order chi connectivity index (χ0) is 29.1. The van der Waals surface area contributed by atoms with Crippen molar-refractivity contribution in [3.05, 3.63) is 71.5 Å². The molecular weight excluding hydrogens is 570 g/mol. The average Bonchev–Trinajstić information content (AvgIpc) is 3.65. The van der Waals surface area contributed by atoms with E-state index < -0.39 is 22.2 Å². The number of nitrogens with two attached hydrogens (primary N) is 1. The summed E-state index contributed by atoms with van der Waals surface area (Å²) >= 11 is 6.21. The summed E-state index contributed by atoms with van der Waals surface area (Å²) in [5, 5.41) is 20.3. The molecule has 2 amide bonds. The molecule has 2 saturated heterocycles. The molecule has 3 atom stereocenters. The zero-order valence-corrected chi connectivity index (χ0v) is 23.8. The molecule has 15 heteroatoms. The van der Waals surface area contributed by atoms with Crippen molar-refractivity contribution < 1.29 is 18.0 Å². The van der Waals surface area contributed by atoms with Crippen LogP contribution in [0.2, 0.25) is 5.02 Å². The SMILES string of the molecule is C[C@H]1CN([C@@H]2CN[C@H](C(=O)N(C(=O)/C=C/c3cc(Cl)ccc3-n3cnnn3)c3ccccc3)C2)CCN1S(N)(=O)=O. The Morgan fingerprint density at radius 2 is 1.95 bits per heavy atom. The molecule has 2 aromatic carbocycles. The number of rotatable bonds is 7. The summed E-state index contributed by atoms with van der Waals surface area (Å²) in [7, 11) is -3.77. The van der Waals surface area contributed by atoms with Gasteiger partial charge in [0, 0.05) is 54.9 Å². The summed E-state index contributed by atoms with van der Waals surface area (Å²) < 4.78 is 26.4. The fourth-order valence-corrected chi connectivity index (χ4v) is 6.42. The topological polar surface area (TPSA) is 160 Å². The Morgan fingerprint density at radius 3 is 2.63 bits per heavy atom. The molecule has 0 saturated carbocycles. The lowest BCUT2D eigenvalue weighted by molar-refractivity contribution is -0.125. The summed E-state index contributed by atoms with van der Waals surface area (Å²) in [4.78, 5) is 30.7. The smallest absolute Gasteiger partial charge is 0.277 e. The van der Waals surface area contributed by atoms with Crippen molar-refractivity contribution in [1.82, 2.24) is 34.7 Å². The third kappa shape index (κ3) is 6.53. The molecule has 2 fully saturated rings. The van der Waals surface area contributed by atoms with Crippen LogP contribution in [0.15, 0.2) is 60.9 Å². The summed E-state index contributed by atoms with van der Waals surface area (Å²) in [5.74, 6) is -0.902. The number of nitrogens with zero attached hydrogens (tertiary/aromatic N) is 7. The molecule has 1 aromatic heterocycles. The lowest BCUT2D eigenvalue weighted by Crippen LogP contribution is -2.58. The van der Waals surface area contributed by atoms with Crippen LogP contribution in [0.4, 0.5) is 5.69 Å². The van der Waals surface area contributed by atoms with Gasteiger partial charge in [-0.3, -0.25) is 14.5 Å². The number of carbonyl (C=O) groups is 2. The van der Waals surface area contributed by atoms with Crippen molar-refractivity contribution in [2.45, 2.75) is 31.5 Å². The maximum absolute atomic E-state index is 13.8. The molecule has 216 valence electrons. The molecular formula is C26H30ClN9O4S. The molecule has 0 radical (unpaired) electrons. The molecule has 3 heterocycles. The predicted molar refractivity (Wildman–Crippen MR) is 153 cm³/mol. The highest BCUT2D eigenvalue weighted by Crippen LogP contribution is 2.24. The molecule has 3 aromatic rings. The zero-order valence-electron chi connectivity index (χ0n) is 22.2. The first-order chi connectivity index (χ1) is 19.6. The maximum atomic E-state index is 13.8. The van der Waals surface area contributed by atoms with E-state index in [1.54, 1.807) is 48.5 Å². The molecule has 13 nitrogen and oxygen atoms in total. The van der Waals surface area contributed by atoms with E-state index in [9.17, 15) is 18.0 Å². The second-order valence-corrected chi connectivity index (χ2v) is 11.9. The number of hydrogen-bond donors (Lipinski definition) is 2. The van der Waals surface area contributed by atoms with Crippen LogP contribution in [0.25, 0.3) is 11.8 Å². The van der Waals surface area contributed by atoms with E-state index in [-0.39, 0.29) is 24.5 Å². The number of para-hydroxylation sites is 1. The normalized spacial score (nSPS) is 22.3. The molecule has 41 heavy (non-hydrogen) atoms. The Morgan fingerprint density at radius 1 is 1.17 bits per heavy atom. The van der Waals surface area contributed by atoms with E-state index in [0.717, 1.165) is 0 Å². The van der Waals surface area contributed by atoms with Crippen LogP contribution in [0.5, 0.6) is 0 Å². The fraction of sp³-hybridized carbons (Fsp3) is 0.346. The lowest BCUT2D eigenvalue weighted by Gasteiger charge is -2.40. The summed E-state index contributed by atoms with van der Waals surface area (Å²) in [6, 6.07) is 12.9. The highest BCUT2D eigenvalue weighted by atomic mass is 35.5. The van der Waals surface area contributed by atoms with E-state index in [2.05, 4.69) is 25.7 Å². The minimum Gasteiger partial charge on any atom is -0.304 e. The number of piperazine rings is 1. The average molecular weight is 600 g/mol. The number of aromatic nitrogens is 4. The Hall–Kier alpha value is -3.53. The van der Waals surface area contributed by atoms with E-state index in [0.29, 0.717) is 48.0 Å². The van der Waals surface area contributed by atoms with Gasteiger partial charge in [0.05, 0.1) is 17.4 Å². The van der Waals surface area contributed by atoms with Gasteiger partial charge in [-0.2, -0.15) is 17.4 Å². The van der Waals surface area contributed by atoms with Crippen LogP contribution in [0.1, 0.15) is 18.9 Å². The Balaban J connectivity index is 1.34. The second-order valence-electron chi connectivity index (χ2n) is 9.99. The fourth-order valence-electron chi connectivity index (χ4n) is 5.33. The van der Waals surface area contributed by atoms with Gasteiger partial charge >= 0.3 is 0 Å². The summed E-state index contributed by atoms with van der Waals surface area (Å²) in [6.45, 7) is 3.63. The van der Waals surface area contributed by atoms with Crippen LogP contribution in [-0.4, -0.2) is 93.9 Å². The van der Waals surface area contributed by atoms with Gasteiger partial charge in [-0.15, -0.1) is 5.10 Å². The number of nitrogens with one attached hydrogen (secondary N) is 1. The molecule has 0 aliphatic carbocycles. The number of tetrazole rings is 1. The number of benzene rings is 2. The van der Waals surface area contributed by atoms with Crippen LogP contribution < -0.4 is 15.4 Å². The number of imide groups is 1. The van der Waals surface area contributed by atoms with Crippen molar-refractivity contribution in [3.63, 3.8) is 0 Å². The number of anilines is 1. The van der Waals surface area contributed by atoms with Gasteiger partial charge in [-0.05, 0) is 60.2 Å². The second kappa shape index (κ2) is 12.1. The highest BCUT2D eigenvalue weighted by molar-refractivity contribution is 7.86. The van der Waals surface area contributed by atoms with Crippen LogP contribution >= 0.6 is 11.6 Å². The van der Waals surface area contributed by atoms with Gasteiger partial charge in [0.2, 0.25) is 0 Å². The van der Waals surface area contributed by atoms with E-state index in [1.807, 2.05) is 13.0 Å². The Kier molecular flexibility index (Phi) is 8.58. The lowest BCUT2D eigenvalue weighted by atomic mass is 10.1. The monoisotopic (exact) mass is 599 g/mol. The highest BCUT2D eigenvalue weighted by Gasteiger charge is 2.40. The molecule has 0 spiro atoms. The first-order valence-corrected chi connectivity index (χ1v) is 14.9. The van der Waals surface area contributed by atoms with Crippen LogP contribution in [0, 0.1) is 0 Å². The maximum Gasteiger partial charge on any atom is 0.277 e. The largest absolute Gasteiger partial charge is 0.304 e. The summed E-state index contributed by atoms with van der Waals surface area (Å²) in [6.07, 6.45) is 4.80. The standard InChI is InChI=1S/C26H30ClN9O4S/c1-18-16-33(11-12-35(18)41(28,39)40)22-14-23(29-15-22)26(38)36(21-5-3-2-4-6-21)25(37)10-7-19-13-20(27)8-9-24(19)34-17-30-31-32-34/h2-10,13,17-18,22-23,29H,11-12,14-16H2,1H3,(H2,28,39,40)/b10-7+/t18-,22-,23-/m0/s1. The first kappa shape index (κ1) is 29.0. The van der Waals surface area contributed by atoms with Gasteiger partial charge in [0.25, 0.3) is 22.0 Å². The number of halogens is 1. The summed E-state index contributed by atoms with van der Waals surface area (Å²) in [5.41, 5.74) is 1.64. The molecule has 2 aliphatic heterocycles. The van der Waals surface area contributed by atoms with Gasteiger partial charge in [0.1, 0.15) is 6.33 Å². The van der Waals surface area contributed by atoms with Crippen molar-refractivity contribution in [1.29, 1.82) is 0 Å². The predicted octanol–water partition coefficient (Wildman–Crippen LogP) is 0.829. The van der Waals surface area contributed by atoms with E-state index >= 15 is 0 Å². The van der Waals surface area contributed by atoms with Crippen LogP contribution in [-0.2, 0) is 19.8 Å². The van der Waals surface area contributed by atoms with Gasteiger partial charge in [-0.1, -0.05) is 29.8 Å². The van der Waals surface area contributed by atoms with Crippen molar-refractivity contribution in [3.8, 4) is 5.69 Å². The van der Waals surface area contributed by atoms with Gasteiger partial charge in [0.15, 0.2) is 0 Å². The molecule has 2 aliphatic rings. The molecule has 0 unspecified atom stereocenters. The third-order valence-electron chi connectivity index (χ3n) is 7.29. The quantitative estimate of drug-likeness (QED) is 0.375.